The second-order valence-electron chi connectivity index (χ2n) is 13.9. The van der Waals surface area contributed by atoms with E-state index in [0.29, 0.717) is 12.8 Å². The van der Waals surface area contributed by atoms with Crippen molar-refractivity contribution in [3.05, 3.63) is 23.8 Å². The molecule has 0 amide bonds. The zero-order chi connectivity index (χ0) is 28.8. The number of carbonyl (C=O) groups is 3. The van der Waals surface area contributed by atoms with Crippen molar-refractivity contribution in [2.45, 2.75) is 109 Å². The molecule has 10 atom stereocenters. The number of hydrogen-bond acceptors (Lipinski definition) is 6. The van der Waals surface area contributed by atoms with Crippen LogP contribution in [0.3, 0.4) is 0 Å². The summed E-state index contributed by atoms with van der Waals surface area (Å²) in [5.74, 6) is -4.34. The molecule has 216 valence electrons. The third-order valence-electron chi connectivity index (χ3n) is 11.2. The summed E-state index contributed by atoms with van der Waals surface area (Å²) < 4.78 is 44.4. The number of alkyl halides is 2. The van der Waals surface area contributed by atoms with E-state index in [1.54, 1.807) is 13.8 Å². The van der Waals surface area contributed by atoms with Gasteiger partial charge in [0.15, 0.2) is 11.5 Å². The lowest BCUT2D eigenvalue weighted by Crippen LogP contribution is -2.71. The Morgan fingerprint density at radius 1 is 1.10 bits per heavy atom. The standard InChI is InChI=1S/C30H40F2O7/c1-16-11-19-20-13-22(31)21-12-17(33)8-10-27(21,4)29(20,32)23(34)15-28(19,5)30(16,24(35)36)39-25(37)38-18-7-6-9-26(2,3)14-18/h8,10,12,16,18-20,22-23,34H,6-7,9,11,13-15H2,1-5H3,(H,35,36)/t16-,18?,19+,20+,22+,23+,27+,28+,29+,30+/m1/s1. The molecule has 4 saturated carbocycles. The third-order valence-corrected chi connectivity index (χ3v) is 11.2. The number of aliphatic hydroxyl groups excluding tert-OH is 1. The number of fused-ring (bicyclic) bond motifs is 5. The SMILES string of the molecule is C[C@@H]1C[C@H]2[C@@H]3C[C@H](F)C4=CC(=O)C=C[C@]4(C)[C@@]3(F)[C@@H](O)C[C@]2(C)[C@@]1(OC(=O)OC1CCCC(C)(C)C1)C(=O)O. The van der Waals surface area contributed by atoms with Crippen molar-refractivity contribution in [2.24, 2.45) is 34.0 Å². The maximum atomic E-state index is 17.4. The van der Waals surface area contributed by atoms with Crippen LogP contribution in [0.4, 0.5) is 13.6 Å². The molecule has 9 heteroatoms. The molecule has 0 aliphatic heterocycles. The van der Waals surface area contributed by atoms with Crippen LogP contribution in [0.5, 0.6) is 0 Å². The highest BCUT2D eigenvalue weighted by atomic mass is 19.1. The molecule has 0 heterocycles. The summed E-state index contributed by atoms with van der Waals surface area (Å²) in [5, 5.41) is 22.1. The van der Waals surface area contributed by atoms with Crippen molar-refractivity contribution in [2.75, 3.05) is 0 Å². The van der Waals surface area contributed by atoms with Crippen molar-refractivity contribution in [3.8, 4) is 0 Å². The normalized spacial score (nSPS) is 48.3. The fourth-order valence-corrected chi connectivity index (χ4v) is 9.26. The van der Waals surface area contributed by atoms with Crippen LogP contribution >= 0.6 is 0 Å². The molecule has 5 aliphatic carbocycles. The van der Waals surface area contributed by atoms with Gasteiger partial charge in [-0.2, -0.15) is 0 Å². The van der Waals surface area contributed by atoms with Crippen LogP contribution in [-0.4, -0.2) is 57.8 Å². The molecular weight excluding hydrogens is 510 g/mol. The zero-order valence-corrected chi connectivity index (χ0v) is 23.3. The van der Waals surface area contributed by atoms with Gasteiger partial charge in [0, 0.05) is 22.7 Å². The van der Waals surface area contributed by atoms with E-state index >= 15 is 8.78 Å². The van der Waals surface area contributed by atoms with Gasteiger partial charge in [0.1, 0.15) is 12.3 Å². The Hall–Kier alpha value is -2.29. The quantitative estimate of drug-likeness (QED) is 0.447. The number of ether oxygens (including phenoxy) is 2. The lowest BCUT2D eigenvalue weighted by molar-refractivity contribution is -0.232. The summed E-state index contributed by atoms with van der Waals surface area (Å²) in [7, 11) is 0. The molecule has 1 unspecified atom stereocenters. The van der Waals surface area contributed by atoms with E-state index in [9.17, 15) is 24.6 Å². The minimum absolute atomic E-state index is 0.00202. The van der Waals surface area contributed by atoms with Crippen molar-refractivity contribution in [3.63, 3.8) is 0 Å². The Bertz CT molecular complexity index is 1150. The van der Waals surface area contributed by atoms with Crippen LogP contribution in [0.1, 0.15) is 79.6 Å². The molecule has 7 nitrogen and oxygen atoms in total. The molecule has 39 heavy (non-hydrogen) atoms. The number of carbonyl (C=O) groups excluding carboxylic acids is 2. The first-order chi connectivity index (χ1) is 18.0. The summed E-state index contributed by atoms with van der Waals surface area (Å²) in [6.45, 7) is 8.92. The number of ketones is 1. The highest BCUT2D eigenvalue weighted by molar-refractivity contribution is 6.01. The highest BCUT2D eigenvalue weighted by Crippen LogP contribution is 2.71. The molecule has 5 aliphatic rings. The van der Waals surface area contributed by atoms with Crippen LogP contribution in [0, 0.1) is 34.0 Å². The molecule has 0 aromatic carbocycles. The van der Waals surface area contributed by atoms with Gasteiger partial charge in [0.2, 0.25) is 5.60 Å². The minimum atomic E-state index is -2.34. The monoisotopic (exact) mass is 550 g/mol. The van der Waals surface area contributed by atoms with Crippen molar-refractivity contribution in [1.82, 2.24) is 0 Å². The summed E-state index contributed by atoms with van der Waals surface area (Å²) in [5.41, 5.74) is -7.42. The molecule has 0 radical (unpaired) electrons. The van der Waals surface area contributed by atoms with Crippen molar-refractivity contribution in [1.29, 1.82) is 0 Å². The molecule has 0 saturated heterocycles. The highest BCUT2D eigenvalue weighted by Gasteiger charge is 2.78. The number of aliphatic carboxylic acids is 1. The second kappa shape index (κ2) is 8.85. The van der Waals surface area contributed by atoms with Gasteiger partial charge in [0.05, 0.1) is 6.10 Å². The first kappa shape index (κ1) is 28.2. The van der Waals surface area contributed by atoms with E-state index in [-0.39, 0.29) is 30.3 Å². The molecule has 4 fully saturated rings. The number of halogens is 2. The summed E-state index contributed by atoms with van der Waals surface area (Å²) in [6, 6.07) is 0. The molecule has 5 rings (SSSR count). The van der Waals surface area contributed by atoms with Gasteiger partial charge >= 0.3 is 12.1 Å². The summed E-state index contributed by atoms with van der Waals surface area (Å²) in [4.78, 5) is 38.2. The first-order valence-electron chi connectivity index (χ1n) is 14.1. The molecule has 0 aromatic heterocycles. The Labute approximate surface area is 228 Å². The Morgan fingerprint density at radius 3 is 2.44 bits per heavy atom. The van der Waals surface area contributed by atoms with Gasteiger partial charge in [-0.15, -0.1) is 0 Å². The van der Waals surface area contributed by atoms with Crippen LogP contribution in [0.25, 0.3) is 0 Å². The Kier molecular flexibility index (Phi) is 6.41. The van der Waals surface area contributed by atoms with Gasteiger partial charge < -0.3 is 19.7 Å². The molecule has 0 bridgehead atoms. The maximum Gasteiger partial charge on any atom is 0.509 e. The van der Waals surface area contributed by atoms with Gasteiger partial charge in [-0.3, -0.25) is 4.79 Å². The Balaban J connectivity index is 1.50. The van der Waals surface area contributed by atoms with Crippen LogP contribution in [-0.2, 0) is 19.1 Å². The first-order valence-corrected chi connectivity index (χ1v) is 14.1. The molecule has 0 aromatic rings. The molecular formula is C30H40F2O7. The van der Waals surface area contributed by atoms with Crippen LogP contribution < -0.4 is 0 Å². The summed E-state index contributed by atoms with van der Waals surface area (Å²) in [6.07, 6.45) is 1.55. The van der Waals surface area contributed by atoms with Crippen molar-refractivity contribution < 1.29 is 42.9 Å². The average molecular weight is 551 g/mol. The number of aliphatic hydroxyl groups is 1. The zero-order valence-electron chi connectivity index (χ0n) is 23.3. The third kappa shape index (κ3) is 3.77. The fourth-order valence-electron chi connectivity index (χ4n) is 9.26. The van der Waals surface area contributed by atoms with Crippen LogP contribution in [0.15, 0.2) is 23.8 Å². The van der Waals surface area contributed by atoms with E-state index < -0.39 is 76.1 Å². The largest absolute Gasteiger partial charge is 0.509 e. The minimum Gasteiger partial charge on any atom is -0.478 e. The topological polar surface area (TPSA) is 110 Å². The Morgan fingerprint density at radius 2 is 1.79 bits per heavy atom. The van der Waals surface area contributed by atoms with Gasteiger partial charge in [-0.1, -0.05) is 33.8 Å². The smallest absolute Gasteiger partial charge is 0.478 e. The number of allylic oxidation sites excluding steroid dienone is 4. The van der Waals surface area contributed by atoms with Gasteiger partial charge in [-0.25, -0.2) is 18.4 Å². The summed E-state index contributed by atoms with van der Waals surface area (Å²) >= 11 is 0. The molecule has 0 spiro atoms. The van der Waals surface area contributed by atoms with Gasteiger partial charge in [0.25, 0.3) is 0 Å². The lowest BCUT2D eigenvalue weighted by Gasteiger charge is -2.62. The maximum absolute atomic E-state index is 17.4. The van der Waals surface area contributed by atoms with Crippen LogP contribution in [0.2, 0.25) is 0 Å². The van der Waals surface area contributed by atoms with Crippen molar-refractivity contribution >= 4 is 17.9 Å². The van der Waals surface area contributed by atoms with E-state index in [2.05, 4.69) is 13.8 Å². The number of carboxylic acids is 1. The molecule has 2 N–H and O–H groups in total. The predicted octanol–water partition coefficient (Wildman–Crippen LogP) is 5.50. The fraction of sp³-hybridized carbons (Fsp3) is 0.767. The predicted molar refractivity (Wildman–Crippen MR) is 137 cm³/mol. The second-order valence-corrected chi connectivity index (χ2v) is 13.9. The number of carboxylic acid groups (broad SMARTS) is 1. The number of rotatable bonds is 3. The van der Waals surface area contributed by atoms with E-state index in [4.69, 9.17) is 9.47 Å². The average Bonchev–Trinajstić information content (AvgIpc) is 3.04. The number of hydrogen-bond donors (Lipinski definition) is 2. The lowest BCUT2D eigenvalue weighted by atomic mass is 9.44. The van der Waals surface area contributed by atoms with E-state index in [1.807, 2.05) is 0 Å². The van der Waals surface area contributed by atoms with E-state index in [1.165, 1.54) is 19.1 Å². The van der Waals surface area contributed by atoms with E-state index in [0.717, 1.165) is 18.9 Å². The van der Waals surface area contributed by atoms with Gasteiger partial charge in [-0.05, 0) is 80.9 Å².